The fraction of sp³-hybridized carbons (Fsp3) is 0.486. The number of aliphatic hydroxyl groups is 2. The first-order chi connectivity index (χ1) is 21.2. The lowest BCUT2D eigenvalue weighted by Crippen LogP contribution is -2.27. The maximum Gasteiger partial charge on any atom is 0.163 e. The lowest BCUT2D eigenvalue weighted by Gasteiger charge is -2.32. The maximum absolute atomic E-state index is 12.4. The molecule has 0 spiro atoms. The summed E-state index contributed by atoms with van der Waals surface area (Å²) in [5.41, 5.74) is 18.3. The summed E-state index contributed by atoms with van der Waals surface area (Å²) in [6, 6.07) is 13.5. The third-order valence-electron chi connectivity index (χ3n) is 9.14. The van der Waals surface area contributed by atoms with Crippen molar-refractivity contribution in [3.63, 3.8) is 0 Å². The van der Waals surface area contributed by atoms with Crippen molar-refractivity contribution in [2.45, 2.75) is 94.9 Å². The van der Waals surface area contributed by atoms with E-state index in [2.05, 4.69) is 23.2 Å². The largest absolute Gasteiger partial charge is 0.504 e. The molecule has 2 aliphatic heterocycles. The topological polar surface area (TPSA) is 155 Å². The highest BCUT2D eigenvalue weighted by molar-refractivity contribution is 6.10. The number of allylic oxidation sites excluding steroid dienone is 1. The summed E-state index contributed by atoms with van der Waals surface area (Å²) in [4.78, 5) is 19.3. The minimum absolute atomic E-state index is 0.0272. The number of rotatable bonds is 15. The summed E-state index contributed by atoms with van der Waals surface area (Å²) in [6.07, 6.45) is 9.00. The number of ketones is 1. The van der Waals surface area contributed by atoms with Crippen LogP contribution in [0.5, 0.6) is 11.5 Å². The average molecular weight is 603 g/mol. The number of hydrogen-bond donors (Lipinski definition) is 5. The van der Waals surface area contributed by atoms with Crippen LogP contribution in [0.15, 0.2) is 71.0 Å². The Morgan fingerprint density at radius 3 is 2.66 bits per heavy atom. The molecule has 2 aromatic rings. The summed E-state index contributed by atoms with van der Waals surface area (Å²) >= 11 is 0. The van der Waals surface area contributed by atoms with Gasteiger partial charge < -0.3 is 36.4 Å². The van der Waals surface area contributed by atoms with Crippen molar-refractivity contribution in [1.29, 1.82) is 0 Å². The first-order valence-corrected chi connectivity index (χ1v) is 15.9. The summed E-state index contributed by atoms with van der Waals surface area (Å²) in [5, 5.41) is 30.5. The monoisotopic (exact) mass is 602 g/mol. The molecule has 9 nitrogen and oxygen atoms in total. The Morgan fingerprint density at radius 1 is 1.11 bits per heavy atom. The van der Waals surface area contributed by atoms with E-state index in [1.807, 2.05) is 25.3 Å². The molecule has 0 bridgehead atoms. The second kappa shape index (κ2) is 14.1. The molecule has 7 N–H and O–H groups in total. The van der Waals surface area contributed by atoms with E-state index in [4.69, 9.17) is 21.2 Å². The van der Waals surface area contributed by atoms with Gasteiger partial charge in [-0.25, -0.2) is 0 Å². The number of benzene rings is 2. The molecule has 0 radical (unpaired) electrons. The molecule has 2 atom stereocenters. The minimum atomic E-state index is -0.838. The van der Waals surface area contributed by atoms with Crippen molar-refractivity contribution in [2.75, 3.05) is 13.3 Å². The zero-order valence-electron chi connectivity index (χ0n) is 25.6. The first kappa shape index (κ1) is 31.9. The second-order valence-corrected chi connectivity index (χ2v) is 12.5. The van der Waals surface area contributed by atoms with Gasteiger partial charge in [0.2, 0.25) is 0 Å². The van der Waals surface area contributed by atoms with E-state index in [1.54, 1.807) is 18.2 Å². The number of fused-ring (bicyclic) bond motifs is 1. The van der Waals surface area contributed by atoms with Crippen LogP contribution in [-0.4, -0.2) is 57.2 Å². The van der Waals surface area contributed by atoms with Crippen LogP contribution in [-0.2, 0) is 16.6 Å². The van der Waals surface area contributed by atoms with Crippen molar-refractivity contribution in [3.8, 4) is 11.5 Å². The summed E-state index contributed by atoms with van der Waals surface area (Å²) in [5.74, 6) is 0.329. The number of Topliss-reactive ketones (excluding diaryl/α,β-unsaturated/α-hetero) is 1. The van der Waals surface area contributed by atoms with E-state index in [0.717, 1.165) is 54.5 Å². The normalized spacial score (nSPS) is 18.6. The number of ether oxygens (including phenoxy) is 1. The molecule has 3 aliphatic rings. The number of aliphatic hydroxyl groups excluding tert-OH is 2. The van der Waals surface area contributed by atoms with Crippen LogP contribution < -0.4 is 16.2 Å². The Kier molecular flexibility index (Phi) is 10.2. The third-order valence-corrected chi connectivity index (χ3v) is 9.14. The molecule has 2 heterocycles. The van der Waals surface area contributed by atoms with Crippen molar-refractivity contribution in [1.82, 2.24) is 4.90 Å². The fourth-order valence-electron chi connectivity index (χ4n) is 6.81. The van der Waals surface area contributed by atoms with Crippen molar-refractivity contribution in [3.05, 3.63) is 82.7 Å². The molecule has 1 fully saturated rings. The lowest BCUT2D eigenvalue weighted by atomic mass is 9.70. The number of carbonyl (C=O) groups excluding carboxylic acids is 1. The molecule has 2 aromatic carbocycles. The maximum atomic E-state index is 12.4. The van der Waals surface area contributed by atoms with Gasteiger partial charge in [0.15, 0.2) is 18.2 Å². The minimum Gasteiger partial charge on any atom is -0.504 e. The quantitative estimate of drug-likeness (QED) is 0.187. The Hall–Kier alpha value is -3.50. The highest BCUT2D eigenvalue weighted by Crippen LogP contribution is 2.51. The van der Waals surface area contributed by atoms with Crippen molar-refractivity contribution in [2.24, 2.45) is 16.5 Å². The molecule has 1 aliphatic carbocycles. The number of aryl methyl sites for hydroxylation is 1. The van der Waals surface area contributed by atoms with Gasteiger partial charge in [-0.2, -0.15) is 0 Å². The van der Waals surface area contributed by atoms with Crippen molar-refractivity contribution >= 4 is 11.5 Å². The number of hydrogen-bond acceptors (Lipinski definition) is 9. The van der Waals surface area contributed by atoms with E-state index < -0.39 is 18.4 Å². The van der Waals surface area contributed by atoms with Gasteiger partial charge in [-0.3, -0.25) is 9.79 Å². The number of phenols is 1. The SMILES string of the molecule is CCCC(O)CC(O)CC(=O)CCc1ccc(O)c(OCN2C=C3C(C4(c5cccc(C(N)N)c5)CCCC4)=CN=C3C2)c1. The number of aromatic hydroxyl groups is 1. The zero-order chi connectivity index (χ0) is 31.3. The fourth-order valence-corrected chi connectivity index (χ4v) is 6.81. The number of nitrogens with two attached hydrogens (primary N) is 2. The molecule has 236 valence electrons. The molecule has 0 amide bonds. The smallest absolute Gasteiger partial charge is 0.163 e. The highest BCUT2D eigenvalue weighted by Gasteiger charge is 2.44. The number of nitrogens with zero attached hydrogens (tertiary/aromatic N) is 2. The summed E-state index contributed by atoms with van der Waals surface area (Å²) in [7, 11) is 0. The van der Waals surface area contributed by atoms with Gasteiger partial charge in [-0.15, -0.1) is 0 Å². The van der Waals surface area contributed by atoms with Gasteiger partial charge >= 0.3 is 0 Å². The Labute approximate surface area is 259 Å². The Balaban J connectivity index is 1.20. The predicted molar refractivity (Wildman–Crippen MR) is 171 cm³/mol. The van der Waals surface area contributed by atoms with Crippen LogP contribution in [0.2, 0.25) is 0 Å². The first-order valence-electron chi connectivity index (χ1n) is 15.9. The number of carbonyl (C=O) groups is 1. The lowest BCUT2D eigenvalue weighted by molar-refractivity contribution is -0.121. The molecular weight excluding hydrogens is 556 g/mol. The van der Waals surface area contributed by atoms with Crippen LogP contribution in [0.4, 0.5) is 0 Å². The second-order valence-electron chi connectivity index (χ2n) is 12.5. The molecular formula is C35H46N4O5. The molecule has 1 saturated carbocycles. The number of aliphatic imine (C=N–C) groups is 1. The van der Waals surface area contributed by atoms with Gasteiger partial charge in [0.05, 0.1) is 30.6 Å². The average Bonchev–Trinajstić information content (AvgIpc) is 3.73. The van der Waals surface area contributed by atoms with Gasteiger partial charge in [-0.05, 0) is 66.5 Å². The summed E-state index contributed by atoms with van der Waals surface area (Å²) in [6.45, 7) is 2.82. The van der Waals surface area contributed by atoms with E-state index >= 15 is 0 Å². The van der Waals surface area contributed by atoms with Crippen LogP contribution in [0.3, 0.4) is 0 Å². The van der Waals surface area contributed by atoms with E-state index in [1.165, 1.54) is 11.1 Å². The van der Waals surface area contributed by atoms with Crippen LogP contribution in [0, 0.1) is 0 Å². The molecule has 9 heteroatoms. The predicted octanol–water partition coefficient (Wildman–Crippen LogP) is 4.50. The highest BCUT2D eigenvalue weighted by atomic mass is 16.5. The van der Waals surface area contributed by atoms with E-state index in [0.29, 0.717) is 25.1 Å². The van der Waals surface area contributed by atoms with Gasteiger partial charge in [0, 0.05) is 36.2 Å². The third kappa shape index (κ3) is 7.24. The van der Waals surface area contributed by atoms with E-state index in [-0.39, 0.29) is 42.9 Å². The van der Waals surface area contributed by atoms with Gasteiger partial charge in [0.1, 0.15) is 5.78 Å². The van der Waals surface area contributed by atoms with Crippen LogP contribution >= 0.6 is 0 Å². The van der Waals surface area contributed by atoms with Crippen molar-refractivity contribution < 1.29 is 24.9 Å². The summed E-state index contributed by atoms with van der Waals surface area (Å²) < 4.78 is 6.05. The van der Waals surface area contributed by atoms with Gasteiger partial charge in [-0.1, -0.05) is 56.5 Å². The Morgan fingerprint density at radius 2 is 1.91 bits per heavy atom. The van der Waals surface area contributed by atoms with Crippen LogP contribution in [0.25, 0.3) is 0 Å². The van der Waals surface area contributed by atoms with Gasteiger partial charge in [0.25, 0.3) is 0 Å². The molecule has 2 unspecified atom stereocenters. The molecule has 44 heavy (non-hydrogen) atoms. The van der Waals surface area contributed by atoms with E-state index in [9.17, 15) is 20.1 Å². The van der Waals surface area contributed by atoms with Crippen LogP contribution in [0.1, 0.15) is 87.6 Å². The number of phenolic OH excluding ortho intramolecular Hbond substituents is 1. The Bertz CT molecular complexity index is 1430. The molecule has 0 aromatic heterocycles. The zero-order valence-corrected chi connectivity index (χ0v) is 25.6. The standard InChI is InChI=1S/C35H46N4O5/c1-2-6-26(40)17-28(42)18-27(41)11-9-23-10-12-32(43)33(15-23)44-22-39-20-29-30(19-38-31(29)21-39)35(13-3-4-14-35)25-8-5-7-24(16-25)34(36)37/h5,7-8,10,12,15-16,19-20,26,28,34,40,42-43H,2-4,6,9,11,13-14,17-18,21-22,36-37H2,1H3. The molecule has 5 rings (SSSR count). The molecule has 0 saturated heterocycles.